The third-order valence-electron chi connectivity index (χ3n) is 3.62. The quantitative estimate of drug-likeness (QED) is 0.593. The summed E-state index contributed by atoms with van der Waals surface area (Å²) in [6, 6.07) is 0. The van der Waals surface area contributed by atoms with Crippen molar-refractivity contribution in [2.24, 2.45) is 5.92 Å². The number of hydrogen-bond donors (Lipinski definition) is 0. The molecule has 0 N–H and O–H groups in total. The van der Waals surface area contributed by atoms with E-state index in [4.69, 9.17) is 0 Å². The van der Waals surface area contributed by atoms with Crippen LogP contribution in [-0.2, 0) is 0 Å². The predicted molar refractivity (Wildman–Crippen MR) is 73.2 cm³/mol. The third-order valence-corrected chi connectivity index (χ3v) is 5.24. The van der Waals surface area contributed by atoms with Gasteiger partial charge < -0.3 is 0 Å². The van der Waals surface area contributed by atoms with E-state index in [2.05, 4.69) is 48.5 Å². The lowest BCUT2D eigenvalue weighted by Crippen LogP contribution is -2.09. The normalized spacial score (nSPS) is 23.8. The van der Waals surface area contributed by atoms with Crippen LogP contribution >= 0.6 is 8.58 Å². The zero-order valence-electron chi connectivity index (χ0n) is 11.3. The van der Waals surface area contributed by atoms with Crippen LogP contribution in [0, 0.1) is 5.92 Å². The Morgan fingerprint density at radius 2 is 1.60 bits per heavy atom. The molecule has 0 bridgehead atoms. The first-order valence-electron chi connectivity index (χ1n) is 5.86. The maximum atomic E-state index is 2.36. The predicted octanol–water partition coefficient (Wildman–Crippen LogP) is 4.77. The van der Waals surface area contributed by atoms with Gasteiger partial charge in [-0.3, -0.25) is 0 Å². The van der Waals surface area contributed by atoms with E-state index in [0.717, 1.165) is 8.58 Å². The fourth-order valence-corrected chi connectivity index (χ4v) is 3.39. The van der Waals surface area contributed by atoms with Crippen molar-refractivity contribution in [1.29, 1.82) is 0 Å². The molecule has 0 nitrogen and oxygen atoms in total. The Morgan fingerprint density at radius 1 is 1.07 bits per heavy atom. The van der Waals surface area contributed by atoms with Gasteiger partial charge in [-0.1, -0.05) is 38.8 Å². The van der Waals surface area contributed by atoms with E-state index in [1.807, 2.05) is 0 Å². The van der Waals surface area contributed by atoms with Crippen molar-refractivity contribution in [2.75, 3.05) is 6.16 Å². The third kappa shape index (κ3) is 2.94. The van der Waals surface area contributed by atoms with Crippen LogP contribution in [0.5, 0.6) is 0 Å². The molecule has 2 atom stereocenters. The number of hydrogen-bond acceptors (Lipinski definition) is 0. The monoisotopic (exact) mass is 224 g/mol. The highest BCUT2D eigenvalue weighted by Crippen LogP contribution is 2.42. The minimum Gasteiger partial charge on any atom is -0.112 e. The molecule has 0 saturated carbocycles. The zero-order chi connectivity index (χ0) is 11.8. The fourth-order valence-electron chi connectivity index (χ4n) is 2.09. The van der Waals surface area contributed by atoms with Gasteiger partial charge in [-0.2, -0.15) is 0 Å². The second-order valence-electron chi connectivity index (χ2n) is 5.78. The summed E-state index contributed by atoms with van der Waals surface area (Å²) in [5, 5.41) is 0.484. The summed E-state index contributed by atoms with van der Waals surface area (Å²) in [7, 11) is 1.04. The average molecular weight is 224 g/mol. The molecule has 0 spiro atoms. The van der Waals surface area contributed by atoms with Crippen LogP contribution in [-0.4, -0.2) is 11.3 Å². The molecule has 0 aromatic carbocycles. The maximum Gasteiger partial charge on any atom is -0.000912 e. The standard InChI is InChI=1S/C14H25P/c1-9-10(2)12(4)13(11(9)3)8-15-14(5,6)7/h11,15H,8H2,1-7H3. The van der Waals surface area contributed by atoms with Crippen molar-refractivity contribution >= 4 is 8.58 Å². The summed E-state index contributed by atoms with van der Waals surface area (Å²) in [5.41, 5.74) is 6.38. The van der Waals surface area contributed by atoms with E-state index in [0.29, 0.717) is 11.1 Å². The van der Waals surface area contributed by atoms with E-state index in [1.165, 1.54) is 11.7 Å². The van der Waals surface area contributed by atoms with Crippen molar-refractivity contribution in [3.8, 4) is 0 Å². The Balaban J connectivity index is 2.74. The highest BCUT2D eigenvalue weighted by atomic mass is 31.1. The Hall–Kier alpha value is -0.0900. The molecule has 1 aliphatic rings. The number of allylic oxidation sites excluding steroid dienone is 4. The summed E-state index contributed by atoms with van der Waals surface area (Å²) in [6.07, 6.45) is 1.30. The summed E-state index contributed by atoms with van der Waals surface area (Å²) in [4.78, 5) is 0. The van der Waals surface area contributed by atoms with Crippen molar-refractivity contribution in [2.45, 2.75) is 53.6 Å². The topological polar surface area (TPSA) is 0 Å². The van der Waals surface area contributed by atoms with Crippen LogP contribution in [0.25, 0.3) is 0 Å². The molecule has 1 heteroatoms. The van der Waals surface area contributed by atoms with Gasteiger partial charge in [0.05, 0.1) is 0 Å². The van der Waals surface area contributed by atoms with Gasteiger partial charge in [-0.25, -0.2) is 0 Å². The molecular weight excluding hydrogens is 199 g/mol. The second kappa shape index (κ2) is 4.42. The molecule has 0 aromatic rings. The van der Waals surface area contributed by atoms with E-state index < -0.39 is 0 Å². The van der Waals surface area contributed by atoms with Gasteiger partial charge >= 0.3 is 0 Å². The Morgan fingerprint density at radius 3 is 1.93 bits per heavy atom. The van der Waals surface area contributed by atoms with Gasteiger partial charge in [0.25, 0.3) is 0 Å². The van der Waals surface area contributed by atoms with Crippen LogP contribution in [0.3, 0.4) is 0 Å². The van der Waals surface area contributed by atoms with Gasteiger partial charge in [0, 0.05) is 0 Å². The smallest absolute Gasteiger partial charge is 0.000912 e. The molecule has 0 heterocycles. The Labute approximate surface area is 97.0 Å². The first-order chi connectivity index (χ1) is 6.74. The molecule has 0 radical (unpaired) electrons. The molecule has 0 fully saturated rings. The molecule has 86 valence electrons. The van der Waals surface area contributed by atoms with E-state index >= 15 is 0 Å². The van der Waals surface area contributed by atoms with Crippen LogP contribution < -0.4 is 0 Å². The fraction of sp³-hybridized carbons (Fsp3) is 0.714. The molecule has 0 aromatic heterocycles. The summed E-state index contributed by atoms with van der Waals surface area (Å²) in [6.45, 7) is 16.2. The molecular formula is C14H25P. The largest absolute Gasteiger partial charge is 0.112 e. The molecule has 1 aliphatic carbocycles. The highest BCUT2D eigenvalue weighted by Gasteiger charge is 2.24. The highest BCUT2D eigenvalue weighted by molar-refractivity contribution is 7.40. The van der Waals surface area contributed by atoms with Crippen LogP contribution in [0.4, 0.5) is 0 Å². The van der Waals surface area contributed by atoms with Crippen LogP contribution in [0.1, 0.15) is 48.5 Å². The summed E-state index contributed by atoms with van der Waals surface area (Å²) >= 11 is 0. The molecule has 1 rings (SSSR count). The molecule has 0 amide bonds. The summed E-state index contributed by atoms with van der Waals surface area (Å²) < 4.78 is 0. The Bertz CT molecular complexity index is 313. The average Bonchev–Trinajstić information content (AvgIpc) is 2.28. The second-order valence-corrected chi connectivity index (χ2v) is 7.99. The van der Waals surface area contributed by atoms with Crippen molar-refractivity contribution in [3.05, 3.63) is 22.3 Å². The molecule has 15 heavy (non-hydrogen) atoms. The van der Waals surface area contributed by atoms with Crippen molar-refractivity contribution < 1.29 is 0 Å². The van der Waals surface area contributed by atoms with Crippen LogP contribution in [0.2, 0.25) is 0 Å². The van der Waals surface area contributed by atoms with Crippen molar-refractivity contribution in [1.82, 2.24) is 0 Å². The lowest BCUT2D eigenvalue weighted by Gasteiger charge is -2.21. The minimum absolute atomic E-state index is 0.484. The summed E-state index contributed by atoms with van der Waals surface area (Å²) in [5.74, 6) is 0.694. The lowest BCUT2D eigenvalue weighted by atomic mass is 10.00. The zero-order valence-corrected chi connectivity index (χ0v) is 12.3. The first kappa shape index (κ1) is 13.0. The van der Waals surface area contributed by atoms with Gasteiger partial charge in [0.15, 0.2) is 0 Å². The van der Waals surface area contributed by atoms with E-state index in [-0.39, 0.29) is 0 Å². The first-order valence-corrected chi connectivity index (χ1v) is 7.07. The van der Waals surface area contributed by atoms with Gasteiger partial charge in [-0.05, 0) is 49.2 Å². The molecule has 2 unspecified atom stereocenters. The van der Waals surface area contributed by atoms with Gasteiger partial charge in [-0.15, -0.1) is 8.58 Å². The molecule has 0 saturated heterocycles. The van der Waals surface area contributed by atoms with E-state index in [9.17, 15) is 0 Å². The van der Waals surface area contributed by atoms with Gasteiger partial charge in [0.2, 0.25) is 0 Å². The lowest BCUT2D eigenvalue weighted by molar-refractivity contribution is 0.782. The van der Waals surface area contributed by atoms with Crippen LogP contribution in [0.15, 0.2) is 22.3 Å². The van der Waals surface area contributed by atoms with E-state index in [1.54, 1.807) is 16.7 Å². The van der Waals surface area contributed by atoms with Crippen molar-refractivity contribution in [3.63, 3.8) is 0 Å². The van der Waals surface area contributed by atoms with Gasteiger partial charge in [0.1, 0.15) is 0 Å². The minimum atomic E-state index is 0.484. The molecule has 0 aliphatic heterocycles. The number of rotatable bonds is 2. The maximum absolute atomic E-state index is 2.36. The SMILES string of the molecule is CC1=C(C)C(C)C(CPC(C)(C)C)=C1C. The Kier molecular flexibility index (Phi) is 3.82.